The lowest BCUT2D eigenvalue weighted by atomic mass is 10.2. The Bertz CT molecular complexity index is 508. The number of para-hydroxylation sites is 2. The monoisotopic (exact) mass is 244 g/mol. The lowest BCUT2D eigenvalue weighted by Gasteiger charge is -2.24. The van der Waals surface area contributed by atoms with E-state index in [1.54, 1.807) is 12.1 Å². The Morgan fingerprint density at radius 3 is 2.33 bits per heavy atom. The second-order valence-electron chi connectivity index (χ2n) is 4.20. The average Bonchev–Trinajstić information content (AvgIpc) is 2.39. The van der Waals surface area contributed by atoms with Crippen LogP contribution in [0, 0.1) is 5.82 Å². The van der Waals surface area contributed by atoms with Crippen LogP contribution in [-0.4, -0.2) is 6.54 Å². The van der Waals surface area contributed by atoms with Gasteiger partial charge in [-0.15, -0.1) is 0 Å². The highest BCUT2D eigenvalue weighted by molar-refractivity contribution is 5.67. The summed E-state index contributed by atoms with van der Waals surface area (Å²) in [5, 5.41) is 0. The van der Waals surface area contributed by atoms with E-state index in [0.29, 0.717) is 0 Å². The fourth-order valence-electron chi connectivity index (χ4n) is 1.95. The largest absolute Gasteiger partial charge is 0.397 e. The first kappa shape index (κ1) is 12.4. The predicted octanol–water partition coefficient (Wildman–Crippen LogP) is 3.43. The summed E-state index contributed by atoms with van der Waals surface area (Å²) in [7, 11) is 0. The van der Waals surface area contributed by atoms with Crippen molar-refractivity contribution in [3.05, 3.63) is 59.9 Å². The molecule has 0 unspecified atom stereocenters. The van der Waals surface area contributed by atoms with E-state index < -0.39 is 0 Å². The smallest absolute Gasteiger partial charge is 0.123 e. The minimum absolute atomic E-state index is 0.207. The molecular formula is C15H17FN2. The van der Waals surface area contributed by atoms with Crippen molar-refractivity contribution in [2.75, 3.05) is 17.2 Å². The second kappa shape index (κ2) is 5.54. The van der Waals surface area contributed by atoms with E-state index >= 15 is 0 Å². The summed E-state index contributed by atoms with van der Waals surface area (Å²) in [6.07, 6.45) is 0. The third-order valence-electron chi connectivity index (χ3n) is 2.95. The number of hydrogen-bond acceptors (Lipinski definition) is 2. The SMILES string of the molecule is CCN(Cc1ccc(F)cc1)c1ccccc1N. The number of benzene rings is 2. The molecule has 2 aromatic rings. The van der Waals surface area contributed by atoms with Gasteiger partial charge < -0.3 is 10.6 Å². The maximum Gasteiger partial charge on any atom is 0.123 e. The van der Waals surface area contributed by atoms with Gasteiger partial charge in [0.15, 0.2) is 0 Å². The van der Waals surface area contributed by atoms with Crippen molar-refractivity contribution in [2.45, 2.75) is 13.5 Å². The zero-order chi connectivity index (χ0) is 13.0. The standard InChI is InChI=1S/C15H17FN2/c1-2-18(15-6-4-3-5-14(15)17)11-12-7-9-13(16)10-8-12/h3-10H,2,11,17H2,1H3. The Morgan fingerprint density at radius 1 is 1.06 bits per heavy atom. The van der Waals surface area contributed by atoms with Gasteiger partial charge in [0, 0.05) is 13.1 Å². The van der Waals surface area contributed by atoms with Crippen LogP contribution >= 0.6 is 0 Å². The first-order valence-corrected chi connectivity index (χ1v) is 6.04. The molecule has 0 saturated heterocycles. The van der Waals surface area contributed by atoms with Crippen molar-refractivity contribution >= 4 is 11.4 Å². The zero-order valence-electron chi connectivity index (χ0n) is 10.4. The number of nitrogens with two attached hydrogens (primary N) is 1. The van der Waals surface area contributed by atoms with E-state index in [1.807, 2.05) is 24.3 Å². The fraction of sp³-hybridized carbons (Fsp3) is 0.200. The van der Waals surface area contributed by atoms with Crippen molar-refractivity contribution < 1.29 is 4.39 Å². The molecule has 0 saturated carbocycles. The summed E-state index contributed by atoms with van der Waals surface area (Å²) in [5.74, 6) is -0.207. The van der Waals surface area contributed by atoms with Gasteiger partial charge in [0.2, 0.25) is 0 Å². The molecule has 2 rings (SSSR count). The van der Waals surface area contributed by atoms with Crippen molar-refractivity contribution in [2.24, 2.45) is 0 Å². The Kier molecular flexibility index (Phi) is 3.82. The van der Waals surface area contributed by atoms with Crippen LogP contribution in [0.2, 0.25) is 0 Å². The van der Waals surface area contributed by atoms with Crippen LogP contribution in [0.15, 0.2) is 48.5 Å². The average molecular weight is 244 g/mol. The molecule has 2 aromatic carbocycles. The lowest BCUT2D eigenvalue weighted by Crippen LogP contribution is -2.22. The maximum atomic E-state index is 12.9. The molecular weight excluding hydrogens is 227 g/mol. The summed E-state index contributed by atoms with van der Waals surface area (Å²) in [5.41, 5.74) is 8.83. The molecule has 0 aromatic heterocycles. The van der Waals surface area contributed by atoms with E-state index in [1.165, 1.54) is 12.1 Å². The van der Waals surface area contributed by atoms with Crippen molar-refractivity contribution in [3.8, 4) is 0 Å². The van der Waals surface area contributed by atoms with Gasteiger partial charge in [0.05, 0.1) is 11.4 Å². The van der Waals surface area contributed by atoms with Gasteiger partial charge in [-0.2, -0.15) is 0 Å². The van der Waals surface area contributed by atoms with Crippen molar-refractivity contribution in [1.82, 2.24) is 0 Å². The molecule has 0 amide bonds. The van der Waals surface area contributed by atoms with Crippen LogP contribution in [0.5, 0.6) is 0 Å². The molecule has 18 heavy (non-hydrogen) atoms. The number of hydrogen-bond donors (Lipinski definition) is 1. The summed E-state index contributed by atoms with van der Waals surface area (Å²) in [6, 6.07) is 14.4. The highest BCUT2D eigenvalue weighted by Crippen LogP contribution is 2.23. The molecule has 0 aliphatic carbocycles. The number of nitrogen functional groups attached to an aromatic ring is 1. The molecule has 94 valence electrons. The molecule has 0 aliphatic heterocycles. The molecule has 0 heterocycles. The van der Waals surface area contributed by atoms with Gasteiger partial charge in [-0.25, -0.2) is 4.39 Å². The molecule has 0 spiro atoms. The second-order valence-corrected chi connectivity index (χ2v) is 4.20. The maximum absolute atomic E-state index is 12.9. The Balaban J connectivity index is 2.20. The van der Waals surface area contributed by atoms with Crippen LogP contribution < -0.4 is 10.6 Å². The Labute approximate surface area is 107 Å². The third kappa shape index (κ3) is 2.80. The van der Waals surface area contributed by atoms with E-state index in [4.69, 9.17) is 5.73 Å². The minimum Gasteiger partial charge on any atom is -0.397 e. The molecule has 2 nitrogen and oxygen atoms in total. The molecule has 0 fully saturated rings. The highest BCUT2D eigenvalue weighted by atomic mass is 19.1. The van der Waals surface area contributed by atoms with Gasteiger partial charge in [0.25, 0.3) is 0 Å². The molecule has 0 aliphatic rings. The number of anilines is 2. The van der Waals surface area contributed by atoms with Crippen LogP contribution in [0.25, 0.3) is 0 Å². The molecule has 0 radical (unpaired) electrons. The number of halogens is 1. The molecule has 0 bridgehead atoms. The van der Waals surface area contributed by atoms with Crippen LogP contribution in [0.3, 0.4) is 0 Å². The molecule has 0 atom stereocenters. The van der Waals surface area contributed by atoms with E-state index in [9.17, 15) is 4.39 Å². The van der Waals surface area contributed by atoms with E-state index in [0.717, 1.165) is 30.0 Å². The number of nitrogens with zero attached hydrogens (tertiary/aromatic N) is 1. The van der Waals surface area contributed by atoms with Gasteiger partial charge >= 0.3 is 0 Å². The fourth-order valence-corrected chi connectivity index (χ4v) is 1.95. The third-order valence-corrected chi connectivity index (χ3v) is 2.95. The predicted molar refractivity (Wildman–Crippen MR) is 74.0 cm³/mol. The van der Waals surface area contributed by atoms with E-state index in [2.05, 4.69) is 11.8 Å². The lowest BCUT2D eigenvalue weighted by molar-refractivity contribution is 0.626. The summed E-state index contributed by atoms with van der Waals surface area (Å²) >= 11 is 0. The molecule has 3 heteroatoms. The van der Waals surface area contributed by atoms with E-state index in [-0.39, 0.29) is 5.82 Å². The Hall–Kier alpha value is -2.03. The molecule has 2 N–H and O–H groups in total. The first-order chi connectivity index (χ1) is 8.70. The zero-order valence-corrected chi connectivity index (χ0v) is 10.4. The van der Waals surface area contributed by atoms with Crippen molar-refractivity contribution in [1.29, 1.82) is 0 Å². The quantitative estimate of drug-likeness (QED) is 0.835. The topological polar surface area (TPSA) is 29.3 Å². The summed E-state index contributed by atoms with van der Waals surface area (Å²) in [6.45, 7) is 3.66. The normalized spacial score (nSPS) is 10.3. The highest BCUT2D eigenvalue weighted by Gasteiger charge is 2.08. The van der Waals surface area contributed by atoms with Gasteiger partial charge in [-0.1, -0.05) is 24.3 Å². The van der Waals surface area contributed by atoms with Crippen LogP contribution in [-0.2, 0) is 6.54 Å². The van der Waals surface area contributed by atoms with Crippen LogP contribution in [0.4, 0.5) is 15.8 Å². The summed E-state index contributed by atoms with van der Waals surface area (Å²) < 4.78 is 12.9. The first-order valence-electron chi connectivity index (χ1n) is 6.04. The number of rotatable bonds is 4. The van der Waals surface area contributed by atoms with Gasteiger partial charge in [-0.3, -0.25) is 0 Å². The van der Waals surface area contributed by atoms with Gasteiger partial charge in [0.1, 0.15) is 5.82 Å². The van der Waals surface area contributed by atoms with Gasteiger partial charge in [-0.05, 0) is 36.8 Å². The summed E-state index contributed by atoms with van der Waals surface area (Å²) in [4.78, 5) is 2.17. The van der Waals surface area contributed by atoms with Crippen molar-refractivity contribution in [3.63, 3.8) is 0 Å². The van der Waals surface area contributed by atoms with Crippen LogP contribution in [0.1, 0.15) is 12.5 Å². The minimum atomic E-state index is -0.207. The Morgan fingerprint density at radius 2 is 1.72 bits per heavy atom.